The molecule has 5 aliphatic rings. The molecule has 1 aromatic carbocycles. The molecule has 0 unspecified atom stereocenters. The number of benzene rings is 1. The fraction of sp³-hybridized carbons (Fsp3) is 0.697. The van der Waals surface area contributed by atoms with E-state index in [0.29, 0.717) is 19.5 Å². The fourth-order valence-electron chi connectivity index (χ4n) is 8.01. The molecule has 228 valence electrons. The number of carbonyl (C=O) groups is 4. The highest BCUT2D eigenvalue weighted by atomic mass is 16.2. The molecular formula is C33H47N5O4. The number of likely N-dealkylation sites (tertiary alicyclic amines) is 2. The molecule has 9 heteroatoms. The third-order valence-corrected chi connectivity index (χ3v) is 10.7. The number of likely N-dealkylation sites (N-methyl/N-ethyl adjacent to an activating group) is 1. The van der Waals surface area contributed by atoms with Gasteiger partial charge in [0.25, 0.3) is 0 Å². The van der Waals surface area contributed by atoms with Crippen molar-refractivity contribution in [1.29, 1.82) is 0 Å². The second-order valence-electron chi connectivity index (χ2n) is 13.3. The second-order valence-corrected chi connectivity index (χ2v) is 13.3. The largest absolute Gasteiger partial charge is 0.349 e. The maximum atomic E-state index is 14.4. The number of carbonyl (C=O) groups excluding carboxylic acids is 4. The van der Waals surface area contributed by atoms with Gasteiger partial charge in [0.15, 0.2) is 0 Å². The van der Waals surface area contributed by atoms with E-state index in [-0.39, 0.29) is 53.6 Å². The molecule has 4 amide bonds. The van der Waals surface area contributed by atoms with Crippen molar-refractivity contribution in [2.45, 2.75) is 108 Å². The van der Waals surface area contributed by atoms with Crippen LogP contribution in [0, 0.1) is 17.8 Å². The van der Waals surface area contributed by atoms with Crippen molar-refractivity contribution in [3.05, 3.63) is 35.4 Å². The Balaban J connectivity index is 1.26. The SMILES string of the molecule is CN[C@@H](C)C(=O)N[C@H](C(=O)N1CC[C@@H]2[C@H]1[C@@H](C(=O)N[C@@H]1CCCc3ccccc31)CN2C(=O)C1CC1)C1CCCCC1. The van der Waals surface area contributed by atoms with Crippen LogP contribution < -0.4 is 16.0 Å². The predicted molar refractivity (Wildman–Crippen MR) is 159 cm³/mol. The molecule has 3 N–H and O–H groups in total. The van der Waals surface area contributed by atoms with Gasteiger partial charge in [0.2, 0.25) is 23.6 Å². The fourth-order valence-corrected chi connectivity index (χ4v) is 8.01. The van der Waals surface area contributed by atoms with Gasteiger partial charge in [0, 0.05) is 19.0 Å². The molecule has 2 saturated carbocycles. The van der Waals surface area contributed by atoms with E-state index in [4.69, 9.17) is 0 Å². The van der Waals surface area contributed by atoms with Crippen LogP contribution in [0.1, 0.15) is 88.3 Å². The minimum atomic E-state index is -0.616. The molecule has 9 nitrogen and oxygen atoms in total. The zero-order chi connectivity index (χ0) is 29.4. The molecule has 1 aromatic rings. The average Bonchev–Trinajstić information content (AvgIpc) is 3.68. The summed E-state index contributed by atoms with van der Waals surface area (Å²) in [4.78, 5) is 58.8. The second kappa shape index (κ2) is 12.3. The van der Waals surface area contributed by atoms with Crippen molar-refractivity contribution in [3.63, 3.8) is 0 Å². The molecule has 42 heavy (non-hydrogen) atoms. The van der Waals surface area contributed by atoms with Gasteiger partial charge in [-0.05, 0) is 82.4 Å². The van der Waals surface area contributed by atoms with Crippen LogP contribution in [0.15, 0.2) is 24.3 Å². The van der Waals surface area contributed by atoms with Crippen molar-refractivity contribution in [3.8, 4) is 0 Å². The number of amides is 4. The van der Waals surface area contributed by atoms with Gasteiger partial charge in [0.1, 0.15) is 6.04 Å². The highest BCUT2D eigenvalue weighted by Gasteiger charge is 2.56. The van der Waals surface area contributed by atoms with E-state index in [2.05, 4.69) is 28.1 Å². The molecular weight excluding hydrogens is 530 g/mol. The molecule has 6 rings (SSSR count). The summed E-state index contributed by atoms with van der Waals surface area (Å²) in [5.41, 5.74) is 2.46. The molecule has 4 fully saturated rings. The Morgan fingerprint density at radius 3 is 2.40 bits per heavy atom. The highest BCUT2D eigenvalue weighted by molar-refractivity contribution is 5.92. The lowest BCUT2D eigenvalue weighted by atomic mass is 9.83. The standard InChI is InChI=1S/C33H47N5O4/c1-20(34-2)30(39)36-28(22-10-4-3-5-11-22)33(42)37-18-17-27-29(37)25(19-38(27)32(41)23-15-16-23)31(40)35-26-14-8-12-21-9-6-7-13-24(21)26/h6-7,9,13,20,22-23,25-29,34H,3-5,8,10-12,14-19H2,1-2H3,(H,35,40)(H,36,39)/t20-,25-,26+,27+,28-,29+/m0/s1. The van der Waals surface area contributed by atoms with Gasteiger partial charge in [0.05, 0.1) is 30.1 Å². The number of nitrogens with zero attached hydrogens (tertiary/aromatic N) is 2. The van der Waals surface area contributed by atoms with Gasteiger partial charge in [-0.3, -0.25) is 19.2 Å². The number of aryl methyl sites for hydroxylation is 1. The van der Waals surface area contributed by atoms with Crippen LogP contribution in [0.4, 0.5) is 0 Å². The monoisotopic (exact) mass is 577 g/mol. The number of hydrogen-bond donors (Lipinski definition) is 3. The van der Waals surface area contributed by atoms with Gasteiger partial charge < -0.3 is 25.8 Å². The van der Waals surface area contributed by atoms with Crippen molar-refractivity contribution >= 4 is 23.6 Å². The average molecular weight is 578 g/mol. The van der Waals surface area contributed by atoms with Crippen LogP contribution in [-0.4, -0.2) is 77.7 Å². The summed E-state index contributed by atoms with van der Waals surface area (Å²) >= 11 is 0. The summed E-state index contributed by atoms with van der Waals surface area (Å²) in [7, 11) is 1.74. The first-order valence-corrected chi connectivity index (χ1v) is 16.3. The highest BCUT2D eigenvalue weighted by Crippen LogP contribution is 2.42. The number of rotatable bonds is 8. The quantitative estimate of drug-likeness (QED) is 0.440. The van der Waals surface area contributed by atoms with E-state index in [1.54, 1.807) is 14.0 Å². The summed E-state index contributed by atoms with van der Waals surface area (Å²) in [6.45, 7) is 2.65. The molecule has 3 aliphatic carbocycles. The Hall–Kier alpha value is -2.94. The molecule has 2 saturated heterocycles. The summed E-state index contributed by atoms with van der Waals surface area (Å²) in [6.07, 6.45) is 10.5. The van der Waals surface area contributed by atoms with Gasteiger partial charge >= 0.3 is 0 Å². The van der Waals surface area contributed by atoms with Crippen molar-refractivity contribution in [2.75, 3.05) is 20.1 Å². The smallest absolute Gasteiger partial charge is 0.245 e. The van der Waals surface area contributed by atoms with E-state index < -0.39 is 18.0 Å². The van der Waals surface area contributed by atoms with Crippen molar-refractivity contribution in [2.24, 2.45) is 17.8 Å². The van der Waals surface area contributed by atoms with Crippen LogP contribution in [0.25, 0.3) is 0 Å². The zero-order valence-corrected chi connectivity index (χ0v) is 25.1. The molecule has 0 bridgehead atoms. The predicted octanol–water partition coefficient (Wildman–Crippen LogP) is 2.69. The molecule has 6 atom stereocenters. The minimum absolute atomic E-state index is 0.0553. The van der Waals surface area contributed by atoms with Gasteiger partial charge in [-0.25, -0.2) is 0 Å². The number of nitrogens with one attached hydrogen (secondary N) is 3. The Bertz CT molecular complexity index is 1190. The van der Waals surface area contributed by atoms with E-state index in [1.807, 2.05) is 21.9 Å². The third kappa shape index (κ3) is 5.69. The van der Waals surface area contributed by atoms with Crippen LogP contribution in [0.5, 0.6) is 0 Å². The molecule has 2 heterocycles. The lowest BCUT2D eigenvalue weighted by molar-refractivity contribution is -0.141. The Kier molecular flexibility index (Phi) is 8.57. The third-order valence-electron chi connectivity index (χ3n) is 10.7. The summed E-state index contributed by atoms with van der Waals surface area (Å²) in [6, 6.07) is 6.70. The maximum Gasteiger partial charge on any atom is 0.245 e. The van der Waals surface area contributed by atoms with Crippen molar-refractivity contribution in [1.82, 2.24) is 25.8 Å². The van der Waals surface area contributed by atoms with Crippen LogP contribution in [0.3, 0.4) is 0 Å². The minimum Gasteiger partial charge on any atom is -0.349 e. The topological polar surface area (TPSA) is 111 Å². The van der Waals surface area contributed by atoms with Crippen molar-refractivity contribution < 1.29 is 19.2 Å². The summed E-state index contributed by atoms with van der Waals surface area (Å²) in [5.74, 6) is -0.559. The lowest BCUT2D eigenvalue weighted by Crippen LogP contribution is -2.58. The Morgan fingerprint density at radius 1 is 0.905 bits per heavy atom. The van der Waals surface area contributed by atoms with E-state index in [9.17, 15) is 19.2 Å². The van der Waals surface area contributed by atoms with E-state index in [0.717, 1.165) is 64.2 Å². The molecule has 0 radical (unpaired) electrons. The van der Waals surface area contributed by atoms with Crippen LogP contribution in [0.2, 0.25) is 0 Å². The normalized spacial score (nSPS) is 28.9. The first-order chi connectivity index (χ1) is 20.4. The van der Waals surface area contributed by atoms with Gasteiger partial charge in [-0.2, -0.15) is 0 Å². The summed E-state index contributed by atoms with van der Waals surface area (Å²) in [5, 5.41) is 9.44. The molecule has 0 aromatic heterocycles. The van der Waals surface area contributed by atoms with Crippen LogP contribution >= 0.6 is 0 Å². The van der Waals surface area contributed by atoms with Gasteiger partial charge in [-0.15, -0.1) is 0 Å². The molecule has 2 aliphatic heterocycles. The number of fused-ring (bicyclic) bond motifs is 2. The number of hydrogen-bond acceptors (Lipinski definition) is 5. The zero-order valence-electron chi connectivity index (χ0n) is 25.1. The van der Waals surface area contributed by atoms with E-state index >= 15 is 0 Å². The first kappa shape index (κ1) is 29.1. The maximum absolute atomic E-state index is 14.4. The lowest BCUT2D eigenvalue weighted by Gasteiger charge is -2.36. The first-order valence-electron chi connectivity index (χ1n) is 16.3. The molecule has 0 spiro atoms. The Morgan fingerprint density at radius 2 is 1.67 bits per heavy atom. The van der Waals surface area contributed by atoms with Gasteiger partial charge in [-0.1, -0.05) is 43.5 Å². The summed E-state index contributed by atoms with van der Waals surface area (Å²) < 4.78 is 0. The Labute approximate surface area is 249 Å². The van der Waals surface area contributed by atoms with Crippen LogP contribution in [-0.2, 0) is 25.6 Å². The van der Waals surface area contributed by atoms with E-state index in [1.165, 1.54) is 11.1 Å².